The molecule has 0 aliphatic heterocycles. The number of hydrogen-bond acceptors (Lipinski definition) is 3. The van der Waals surface area contributed by atoms with Crippen LogP contribution in [0.3, 0.4) is 0 Å². The van der Waals surface area contributed by atoms with Crippen LogP contribution in [0.1, 0.15) is 11.1 Å². The molecule has 2 rings (SSSR count). The van der Waals surface area contributed by atoms with Gasteiger partial charge in [-0.1, -0.05) is 29.8 Å². The zero-order valence-electron chi connectivity index (χ0n) is 13.0. The summed E-state index contributed by atoms with van der Waals surface area (Å²) >= 11 is 1.52. The number of halogens is 1. The monoisotopic (exact) mass is 333 g/mol. The van der Waals surface area contributed by atoms with Crippen LogP contribution >= 0.6 is 11.8 Å². The van der Waals surface area contributed by atoms with Crippen LogP contribution in [-0.4, -0.2) is 24.0 Å². The van der Waals surface area contributed by atoms with Crippen molar-refractivity contribution < 1.29 is 13.9 Å². The summed E-state index contributed by atoms with van der Waals surface area (Å²) in [5, 5.41) is 2.81. The minimum Gasteiger partial charge on any atom is -0.493 e. The number of rotatable bonds is 8. The van der Waals surface area contributed by atoms with E-state index >= 15 is 0 Å². The van der Waals surface area contributed by atoms with Crippen molar-refractivity contribution in [2.24, 2.45) is 0 Å². The van der Waals surface area contributed by atoms with Gasteiger partial charge in [0.1, 0.15) is 11.6 Å². The molecule has 2 aromatic rings. The van der Waals surface area contributed by atoms with Crippen LogP contribution in [0.15, 0.2) is 48.5 Å². The molecule has 5 heteroatoms. The Hall–Kier alpha value is -2.01. The summed E-state index contributed by atoms with van der Waals surface area (Å²) in [6, 6.07) is 14.0. The van der Waals surface area contributed by atoms with Gasteiger partial charge in [-0.15, -0.1) is 11.8 Å². The van der Waals surface area contributed by atoms with Gasteiger partial charge in [0.25, 0.3) is 0 Å². The van der Waals surface area contributed by atoms with Crippen LogP contribution in [0, 0.1) is 12.7 Å². The molecule has 0 bridgehead atoms. The van der Waals surface area contributed by atoms with E-state index in [1.807, 2.05) is 31.2 Å². The van der Waals surface area contributed by atoms with Gasteiger partial charge in [-0.05, 0) is 36.8 Å². The van der Waals surface area contributed by atoms with Crippen molar-refractivity contribution in [3.63, 3.8) is 0 Å². The molecule has 0 radical (unpaired) electrons. The first kappa shape index (κ1) is 17.3. The van der Waals surface area contributed by atoms with Crippen LogP contribution in [-0.2, 0) is 11.3 Å². The van der Waals surface area contributed by atoms with Gasteiger partial charge in [0.15, 0.2) is 0 Å². The fraction of sp³-hybridized carbons (Fsp3) is 0.278. The van der Waals surface area contributed by atoms with Crippen LogP contribution < -0.4 is 10.1 Å². The van der Waals surface area contributed by atoms with Crippen LogP contribution in [0.2, 0.25) is 0 Å². The van der Waals surface area contributed by atoms with Gasteiger partial charge < -0.3 is 10.1 Å². The Morgan fingerprint density at radius 3 is 2.52 bits per heavy atom. The molecule has 0 saturated heterocycles. The lowest BCUT2D eigenvalue weighted by Gasteiger charge is -2.07. The normalized spacial score (nSPS) is 10.3. The predicted molar refractivity (Wildman–Crippen MR) is 92.2 cm³/mol. The summed E-state index contributed by atoms with van der Waals surface area (Å²) in [6.45, 7) is 3.02. The van der Waals surface area contributed by atoms with E-state index in [-0.39, 0.29) is 11.7 Å². The van der Waals surface area contributed by atoms with Crippen molar-refractivity contribution in [3.8, 4) is 5.75 Å². The third-order valence-electron chi connectivity index (χ3n) is 3.15. The van der Waals surface area contributed by atoms with Crippen molar-refractivity contribution >= 4 is 17.7 Å². The molecule has 3 nitrogen and oxygen atoms in total. The summed E-state index contributed by atoms with van der Waals surface area (Å²) in [4.78, 5) is 11.7. The fourth-order valence-corrected chi connectivity index (χ4v) is 2.50. The molecule has 1 N–H and O–H groups in total. The highest BCUT2D eigenvalue weighted by Gasteiger charge is 2.02. The molecular weight excluding hydrogens is 313 g/mol. The van der Waals surface area contributed by atoms with Gasteiger partial charge in [-0.2, -0.15) is 0 Å². The summed E-state index contributed by atoms with van der Waals surface area (Å²) < 4.78 is 18.4. The van der Waals surface area contributed by atoms with E-state index in [2.05, 4.69) is 5.32 Å². The van der Waals surface area contributed by atoms with Crippen LogP contribution in [0.5, 0.6) is 5.75 Å². The average molecular weight is 333 g/mol. The van der Waals surface area contributed by atoms with E-state index in [4.69, 9.17) is 4.74 Å². The lowest BCUT2D eigenvalue weighted by molar-refractivity contribution is -0.118. The molecule has 122 valence electrons. The molecule has 0 aliphatic carbocycles. The van der Waals surface area contributed by atoms with Crippen molar-refractivity contribution in [2.45, 2.75) is 13.5 Å². The van der Waals surface area contributed by atoms with E-state index in [0.717, 1.165) is 17.1 Å². The molecule has 0 heterocycles. The van der Waals surface area contributed by atoms with Crippen molar-refractivity contribution in [2.75, 3.05) is 18.1 Å². The standard InChI is InChI=1S/C18H20FNO2S/c1-14-2-8-17(9-3-14)22-10-11-23-13-18(21)20-12-15-4-6-16(19)7-5-15/h2-9H,10-13H2,1H3,(H,20,21). The number of carbonyl (C=O) groups is 1. The van der Waals surface area contributed by atoms with Gasteiger partial charge >= 0.3 is 0 Å². The molecule has 0 fully saturated rings. The molecule has 1 amide bonds. The molecule has 2 aromatic carbocycles. The highest BCUT2D eigenvalue weighted by molar-refractivity contribution is 7.99. The maximum absolute atomic E-state index is 12.8. The van der Waals surface area contributed by atoms with E-state index in [1.54, 1.807) is 12.1 Å². The Balaban J connectivity index is 1.56. The van der Waals surface area contributed by atoms with Crippen molar-refractivity contribution in [3.05, 3.63) is 65.5 Å². The van der Waals surface area contributed by atoms with E-state index in [1.165, 1.54) is 29.5 Å². The Morgan fingerprint density at radius 1 is 1.13 bits per heavy atom. The molecule has 0 aromatic heterocycles. The largest absolute Gasteiger partial charge is 0.493 e. The second-order valence-corrected chi connectivity index (χ2v) is 6.22. The zero-order valence-corrected chi connectivity index (χ0v) is 13.9. The Kier molecular flexibility index (Phi) is 6.94. The molecule has 0 aliphatic rings. The average Bonchev–Trinajstić information content (AvgIpc) is 2.56. The topological polar surface area (TPSA) is 38.3 Å². The third-order valence-corrected chi connectivity index (χ3v) is 4.08. The van der Waals surface area contributed by atoms with E-state index < -0.39 is 0 Å². The van der Waals surface area contributed by atoms with Crippen LogP contribution in [0.25, 0.3) is 0 Å². The van der Waals surface area contributed by atoms with Gasteiger partial charge in [-0.3, -0.25) is 4.79 Å². The summed E-state index contributed by atoms with van der Waals surface area (Å²) in [6.07, 6.45) is 0. The first-order valence-electron chi connectivity index (χ1n) is 7.42. The number of aryl methyl sites for hydroxylation is 1. The maximum atomic E-state index is 12.8. The van der Waals surface area contributed by atoms with Gasteiger partial charge in [0.2, 0.25) is 5.91 Å². The Morgan fingerprint density at radius 2 is 1.83 bits per heavy atom. The molecule has 0 atom stereocenters. The van der Waals surface area contributed by atoms with Crippen molar-refractivity contribution in [1.82, 2.24) is 5.32 Å². The second-order valence-electron chi connectivity index (χ2n) is 5.12. The minimum atomic E-state index is -0.274. The smallest absolute Gasteiger partial charge is 0.230 e. The number of hydrogen-bond donors (Lipinski definition) is 1. The Labute approximate surface area is 140 Å². The van der Waals surface area contributed by atoms with E-state index in [0.29, 0.717) is 18.9 Å². The molecule has 0 saturated carbocycles. The highest BCUT2D eigenvalue weighted by Crippen LogP contribution is 2.12. The van der Waals surface area contributed by atoms with Gasteiger partial charge in [0, 0.05) is 12.3 Å². The summed E-state index contributed by atoms with van der Waals surface area (Å²) in [5.74, 6) is 1.67. The minimum absolute atomic E-state index is 0.0327. The summed E-state index contributed by atoms with van der Waals surface area (Å²) in [5.41, 5.74) is 2.08. The quantitative estimate of drug-likeness (QED) is 0.751. The van der Waals surface area contributed by atoms with Crippen LogP contribution in [0.4, 0.5) is 4.39 Å². The lowest BCUT2D eigenvalue weighted by atomic mass is 10.2. The maximum Gasteiger partial charge on any atom is 0.230 e. The number of ether oxygens (including phenoxy) is 1. The number of carbonyl (C=O) groups excluding carboxylic acids is 1. The highest BCUT2D eigenvalue weighted by atomic mass is 32.2. The van der Waals surface area contributed by atoms with Gasteiger partial charge in [0.05, 0.1) is 12.4 Å². The fourth-order valence-electron chi connectivity index (χ4n) is 1.87. The zero-order chi connectivity index (χ0) is 16.5. The first-order chi connectivity index (χ1) is 11.1. The molecular formula is C18H20FNO2S. The molecule has 23 heavy (non-hydrogen) atoms. The summed E-state index contributed by atoms with van der Waals surface area (Å²) in [7, 11) is 0. The number of benzene rings is 2. The number of thioether (sulfide) groups is 1. The number of nitrogens with one attached hydrogen (secondary N) is 1. The molecule has 0 unspecified atom stereocenters. The Bertz CT molecular complexity index is 614. The molecule has 0 spiro atoms. The first-order valence-corrected chi connectivity index (χ1v) is 8.57. The second kappa shape index (κ2) is 9.20. The van der Waals surface area contributed by atoms with E-state index in [9.17, 15) is 9.18 Å². The predicted octanol–water partition coefficient (Wildman–Crippen LogP) is 3.56. The SMILES string of the molecule is Cc1ccc(OCCSCC(=O)NCc2ccc(F)cc2)cc1. The third kappa shape index (κ3) is 6.74. The lowest BCUT2D eigenvalue weighted by Crippen LogP contribution is -2.24. The van der Waals surface area contributed by atoms with Crippen molar-refractivity contribution in [1.29, 1.82) is 0 Å². The van der Waals surface area contributed by atoms with Gasteiger partial charge in [-0.25, -0.2) is 4.39 Å². The number of amides is 1.